The second kappa shape index (κ2) is 10.9. The van der Waals surface area contributed by atoms with E-state index in [9.17, 15) is 18.0 Å². The maximum absolute atomic E-state index is 13.0. The predicted molar refractivity (Wildman–Crippen MR) is 131 cm³/mol. The average Bonchev–Trinajstić information content (AvgIpc) is 2.78. The maximum atomic E-state index is 13.0. The van der Waals surface area contributed by atoms with E-state index >= 15 is 0 Å². The first-order valence-electron chi connectivity index (χ1n) is 10.5. The van der Waals surface area contributed by atoms with Gasteiger partial charge in [0.2, 0.25) is 15.5 Å². The van der Waals surface area contributed by atoms with Crippen molar-refractivity contribution in [2.24, 2.45) is 7.05 Å². The Bertz CT molecular complexity index is 1340. The number of carbonyl (C=O) groups is 1. The van der Waals surface area contributed by atoms with E-state index in [0.717, 1.165) is 5.56 Å². The molecule has 3 rings (SSSR count). The van der Waals surface area contributed by atoms with Crippen molar-refractivity contribution < 1.29 is 17.9 Å². The first kappa shape index (κ1) is 25.5. The number of ether oxygens (including phenoxy) is 1. The summed E-state index contributed by atoms with van der Waals surface area (Å²) >= 11 is 6.02. The van der Waals surface area contributed by atoms with Gasteiger partial charge in [-0.05, 0) is 31.5 Å². The van der Waals surface area contributed by atoms with Crippen molar-refractivity contribution in [2.75, 3.05) is 0 Å². The molecular weight excluding hydrogens is 478 g/mol. The quantitative estimate of drug-likeness (QED) is 0.466. The van der Waals surface area contributed by atoms with Crippen molar-refractivity contribution in [1.82, 2.24) is 14.6 Å². The number of hydrogen-bond acceptors (Lipinski definition) is 5. The van der Waals surface area contributed by atoms with Crippen molar-refractivity contribution in [2.45, 2.75) is 37.9 Å². The summed E-state index contributed by atoms with van der Waals surface area (Å²) < 4.78 is 35.1. The number of amides is 1. The zero-order valence-electron chi connectivity index (χ0n) is 19.0. The number of pyridine rings is 1. The van der Waals surface area contributed by atoms with Crippen LogP contribution in [-0.2, 0) is 30.2 Å². The Hall–Kier alpha value is -3.14. The van der Waals surface area contributed by atoms with Gasteiger partial charge in [0.05, 0.1) is 11.6 Å². The molecule has 0 atom stereocenters. The molecule has 34 heavy (non-hydrogen) atoms. The molecule has 1 heterocycles. The molecule has 2 aromatic carbocycles. The Morgan fingerprint density at radius 1 is 1.09 bits per heavy atom. The highest BCUT2D eigenvalue weighted by atomic mass is 35.5. The Kier molecular flexibility index (Phi) is 8.14. The number of nitrogens with zero attached hydrogens (tertiary/aromatic N) is 1. The lowest BCUT2D eigenvalue weighted by Gasteiger charge is -2.19. The van der Waals surface area contributed by atoms with Crippen LogP contribution in [0.2, 0.25) is 5.02 Å². The van der Waals surface area contributed by atoms with E-state index in [4.69, 9.17) is 16.3 Å². The minimum atomic E-state index is -3.96. The van der Waals surface area contributed by atoms with Gasteiger partial charge in [0.15, 0.2) is 11.4 Å². The molecule has 10 heteroatoms. The second-order valence-electron chi connectivity index (χ2n) is 7.89. The number of nitrogens with one attached hydrogen (secondary N) is 2. The zero-order valence-corrected chi connectivity index (χ0v) is 20.6. The third kappa shape index (κ3) is 6.05. The topological polar surface area (TPSA) is 106 Å². The van der Waals surface area contributed by atoms with Gasteiger partial charge in [0, 0.05) is 24.8 Å². The van der Waals surface area contributed by atoms with Gasteiger partial charge < -0.3 is 14.6 Å². The molecule has 2 N–H and O–H groups in total. The van der Waals surface area contributed by atoms with Crippen molar-refractivity contribution in [3.05, 3.63) is 92.9 Å². The van der Waals surface area contributed by atoms with E-state index in [1.54, 1.807) is 33.0 Å². The van der Waals surface area contributed by atoms with E-state index in [2.05, 4.69) is 10.0 Å². The normalized spacial score (nSPS) is 11.4. The van der Waals surface area contributed by atoms with Crippen LogP contribution in [0.5, 0.6) is 5.75 Å². The summed E-state index contributed by atoms with van der Waals surface area (Å²) in [5.41, 5.74) is 0.580. The molecule has 0 bridgehead atoms. The van der Waals surface area contributed by atoms with Crippen LogP contribution in [0.25, 0.3) is 0 Å². The van der Waals surface area contributed by atoms with Gasteiger partial charge in [0.25, 0.3) is 5.91 Å². The zero-order chi connectivity index (χ0) is 24.9. The number of sulfonamides is 1. The van der Waals surface area contributed by atoms with Crippen LogP contribution in [0.15, 0.2) is 70.4 Å². The minimum Gasteiger partial charge on any atom is -0.483 e. The van der Waals surface area contributed by atoms with Crippen LogP contribution >= 0.6 is 11.6 Å². The molecular formula is C24H26ClN3O5S. The number of carbonyl (C=O) groups excluding carboxylic acids is 1. The van der Waals surface area contributed by atoms with Crippen LogP contribution in [0.1, 0.15) is 35.6 Å². The molecule has 0 radical (unpaired) electrons. The summed E-state index contributed by atoms with van der Waals surface area (Å²) in [5.74, 6) is -0.615. The molecule has 0 aliphatic heterocycles. The minimum absolute atomic E-state index is 0.00377. The summed E-state index contributed by atoms with van der Waals surface area (Å²) in [7, 11) is -2.38. The molecule has 1 aromatic heterocycles. The monoisotopic (exact) mass is 503 g/mol. The fraction of sp³-hybridized carbons (Fsp3) is 0.250. The van der Waals surface area contributed by atoms with Crippen LogP contribution < -0.4 is 20.2 Å². The van der Waals surface area contributed by atoms with Crippen molar-refractivity contribution in [1.29, 1.82) is 0 Å². The molecule has 3 aromatic rings. The van der Waals surface area contributed by atoms with Gasteiger partial charge in [-0.1, -0.05) is 54.1 Å². The molecule has 0 saturated carbocycles. The molecule has 0 aliphatic rings. The molecule has 0 unspecified atom stereocenters. The lowest BCUT2D eigenvalue weighted by molar-refractivity contribution is 0.0927. The van der Waals surface area contributed by atoms with E-state index in [1.165, 1.54) is 22.8 Å². The number of rotatable bonds is 9. The molecule has 0 fully saturated rings. The van der Waals surface area contributed by atoms with E-state index in [-0.39, 0.29) is 46.2 Å². The number of benzene rings is 2. The van der Waals surface area contributed by atoms with Gasteiger partial charge >= 0.3 is 0 Å². The van der Waals surface area contributed by atoms with Crippen molar-refractivity contribution in [3.8, 4) is 5.75 Å². The smallest absolute Gasteiger partial charge is 0.272 e. The summed E-state index contributed by atoms with van der Waals surface area (Å²) in [4.78, 5) is 25.8. The Balaban J connectivity index is 1.95. The molecule has 180 valence electrons. The summed E-state index contributed by atoms with van der Waals surface area (Å²) in [6.45, 7) is 3.45. The Morgan fingerprint density at radius 3 is 2.38 bits per heavy atom. The Morgan fingerprint density at radius 2 is 1.74 bits per heavy atom. The summed E-state index contributed by atoms with van der Waals surface area (Å²) in [5, 5.41) is 2.84. The van der Waals surface area contributed by atoms with E-state index < -0.39 is 21.4 Å². The maximum Gasteiger partial charge on any atom is 0.272 e. The van der Waals surface area contributed by atoms with Crippen molar-refractivity contribution in [3.63, 3.8) is 0 Å². The number of halogens is 1. The lowest BCUT2D eigenvalue weighted by Crippen LogP contribution is -2.35. The van der Waals surface area contributed by atoms with Gasteiger partial charge in [0.1, 0.15) is 11.5 Å². The first-order chi connectivity index (χ1) is 16.1. The molecule has 0 saturated heterocycles. The fourth-order valence-electron chi connectivity index (χ4n) is 3.26. The van der Waals surface area contributed by atoms with Gasteiger partial charge in [-0.15, -0.1) is 0 Å². The standard InChI is InChI=1S/C24H26ClN3O5S/c1-16(2)27-24(30)22-23(33-15-17-9-5-4-6-10-17)20(29)13-18(28(22)3)14-26-34(31,32)21-12-8-7-11-19(21)25/h4-13,16,26H,14-15H2,1-3H3,(H,27,30). The van der Waals surface area contributed by atoms with Gasteiger partial charge in [-0.3, -0.25) is 9.59 Å². The van der Waals surface area contributed by atoms with Crippen LogP contribution in [0.3, 0.4) is 0 Å². The highest BCUT2D eigenvalue weighted by molar-refractivity contribution is 7.89. The Labute approximate surface area is 203 Å². The fourth-order valence-corrected chi connectivity index (χ4v) is 4.78. The predicted octanol–water partition coefficient (Wildman–Crippen LogP) is 3.23. The third-order valence-electron chi connectivity index (χ3n) is 4.93. The van der Waals surface area contributed by atoms with Crippen LogP contribution in [0.4, 0.5) is 0 Å². The van der Waals surface area contributed by atoms with Gasteiger partial charge in [-0.25, -0.2) is 13.1 Å². The molecule has 8 nitrogen and oxygen atoms in total. The third-order valence-corrected chi connectivity index (χ3v) is 6.83. The van der Waals surface area contributed by atoms with E-state index in [1.807, 2.05) is 30.3 Å². The molecule has 0 aliphatic carbocycles. The van der Waals surface area contributed by atoms with Crippen molar-refractivity contribution >= 4 is 27.5 Å². The lowest BCUT2D eigenvalue weighted by atomic mass is 10.2. The summed E-state index contributed by atoms with van der Waals surface area (Å²) in [6.07, 6.45) is 0. The van der Waals surface area contributed by atoms with Crippen LogP contribution in [0, 0.1) is 0 Å². The van der Waals surface area contributed by atoms with Gasteiger partial charge in [-0.2, -0.15) is 0 Å². The average molecular weight is 504 g/mol. The van der Waals surface area contributed by atoms with Crippen LogP contribution in [-0.4, -0.2) is 24.9 Å². The number of aromatic nitrogens is 1. The number of hydrogen-bond donors (Lipinski definition) is 2. The SMILES string of the molecule is CC(C)NC(=O)c1c(OCc2ccccc2)c(=O)cc(CNS(=O)(=O)c2ccccc2Cl)n1C. The second-order valence-corrected chi connectivity index (χ2v) is 10.0. The van der Waals surface area contributed by atoms with E-state index in [0.29, 0.717) is 0 Å². The largest absolute Gasteiger partial charge is 0.483 e. The highest BCUT2D eigenvalue weighted by Gasteiger charge is 2.24. The first-order valence-corrected chi connectivity index (χ1v) is 12.4. The highest BCUT2D eigenvalue weighted by Crippen LogP contribution is 2.21. The summed E-state index contributed by atoms with van der Waals surface area (Å²) in [6, 6.07) is 16.3. The molecule has 0 spiro atoms. The molecule has 1 amide bonds.